The highest BCUT2D eigenvalue weighted by atomic mass is 16.5. The largest absolute Gasteiger partial charge is 0.483 e. The molecule has 4 aromatic carbocycles. The molecular formula is C29H24N4O2. The number of nitrogens with zero attached hydrogens (tertiary/aromatic N) is 3. The number of aromatic nitrogens is 2. The van der Waals surface area contributed by atoms with Crippen LogP contribution in [0.2, 0.25) is 0 Å². The number of benzene rings is 4. The maximum Gasteiger partial charge on any atom is 0.277 e. The molecule has 0 unspecified atom stereocenters. The fourth-order valence-corrected chi connectivity index (χ4v) is 3.88. The quantitative estimate of drug-likeness (QED) is 0.256. The molecule has 1 heterocycles. The summed E-state index contributed by atoms with van der Waals surface area (Å²) in [7, 11) is 0. The van der Waals surface area contributed by atoms with E-state index in [4.69, 9.17) is 9.84 Å². The van der Waals surface area contributed by atoms with Gasteiger partial charge in [0, 0.05) is 22.7 Å². The Labute approximate surface area is 203 Å². The Morgan fingerprint density at radius 2 is 1.74 bits per heavy atom. The maximum absolute atomic E-state index is 12.4. The van der Waals surface area contributed by atoms with E-state index in [9.17, 15) is 4.79 Å². The van der Waals surface area contributed by atoms with E-state index in [0.29, 0.717) is 5.75 Å². The molecule has 0 atom stereocenters. The van der Waals surface area contributed by atoms with Gasteiger partial charge in [-0.25, -0.2) is 10.1 Å². The molecule has 0 aliphatic heterocycles. The van der Waals surface area contributed by atoms with Gasteiger partial charge in [-0.3, -0.25) is 4.79 Å². The van der Waals surface area contributed by atoms with E-state index in [1.165, 1.54) is 0 Å². The van der Waals surface area contributed by atoms with E-state index >= 15 is 0 Å². The summed E-state index contributed by atoms with van der Waals surface area (Å²) in [6.07, 6.45) is 3.51. The second-order valence-corrected chi connectivity index (χ2v) is 8.14. The smallest absolute Gasteiger partial charge is 0.277 e. The van der Waals surface area contributed by atoms with E-state index in [-0.39, 0.29) is 12.5 Å². The van der Waals surface area contributed by atoms with Gasteiger partial charge in [0.2, 0.25) is 0 Å². The fraction of sp³-hybridized carbons (Fsp3) is 0.0690. The van der Waals surface area contributed by atoms with Gasteiger partial charge in [-0.2, -0.15) is 10.2 Å². The Morgan fingerprint density at radius 3 is 2.60 bits per heavy atom. The normalized spacial score (nSPS) is 11.1. The number of nitrogens with one attached hydrogen (secondary N) is 1. The molecule has 0 aliphatic rings. The molecule has 5 rings (SSSR count). The monoisotopic (exact) mass is 460 g/mol. The Kier molecular flexibility index (Phi) is 6.35. The molecule has 0 radical (unpaired) electrons. The zero-order chi connectivity index (χ0) is 24.0. The predicted octanol–water partition coefficient (Wildman–Crippen LogP) is 5.53. The van der Waals surface area contributed by atoms with Gasteiger partial charge in [-0.1, -0.05) is 78.4 Å². The molecule has 6 heteroatoms. The van der Waals surface area contributed by atoms with Crippen molar-refractivity contribution in [1.82, 2.24) is 15.2 Å². The average Bonchev–Trinajstić information content (AvgIpc) is 3.32. The van der Waals surface area contributed by atoms with E-state index in [2.05, 4.69) is 16.6 Å². The van der Waals surface area contributed by atoms with Crippen LogP contribution in [0.5, 0.6) is 5.75 Å². The number of hydrazone groups is 1. The first-order chi connectivity index (χ1) is 17.2. The lowest BCUT2D eigenvalue weighted by molar-refractivity contribution is -0.123. The van der Waals surface area contributed by atoms with Crippen molar-refractivity contribution in [3.8, 4) is 22.7 Å². The van der Waals surface area contributed by atoms with Crippen molar-refractivity contribution in [1.29, 1.82) is 0 Å². The van der Waals surface area contributed by atoms with Crippen LogP contribution in [0.4, 0.5) is 0 Å². The zero-order valence-electron chi connectivity index (χ0n) is 19.3. The Bertz CT molecular complexity index is 1500. The van der Waals surface area contributed by atoms with E-state index in [1.807, 2.05) is 109 Å². The van der Waals surface area contributed by atoms with Crippen LogP contribution in [0.3, 0.4) is 0 Å². The van der Waals surface area contributed by atoms with E-state index < -0.39 is 0 Å². The van der Waals surface area contributed by atoms with Crippen LogP contribution in [0.15, 0.2) is 108 Å². The molecule has 6 nitrogen and oxygen atoms in total. The van der Waals surface area contributed by atoms with Crippen LogP contribution >= 0.6 is 0 Å². The first-order valence-corrected chi connectivity index (χ1v) is 11.3. The lowest BCUT2D eigenvalue weighted by atomic mass is 10.1. The Morgan fingerprint density at radius 1 is 0.971 bits per heavy atom. The first-order valence-electron chi connectivity index (χ1n) is 11.3. The SMILES string of the molecule is Cc1cccc(-c2nn(-c3ccccc3)cc2C=NNC(=O)COc2cccc3ccccc23)c1. The molecule has 0 bridgehead atoms. The number of ether oxygens (including phenoxy) is 1. The average molecular weight is 461 g/mol. The second kappa shape index (κ2) is 10.1. The summed E-state index contributed by atoms with van der Waals surface area (Å²) in [5.74, 6) is 0.315. The van der Waals surface area contributed by atoms with Crippen molar-refractivity contribution in [3.05, 3.63) is 114 Å². The lowest BCUT2D eigenvalue weighted by Gasteiger charge is -2.08. The summed E-state index contributed by atoms with van der Waals surface area (Å²) in [6.45, 7) is 1.90. The van der Waals surface area contributed by atoms with Crippen LogP contribution < -0.4 is 10.2 Å². The van der Waals surface area contributed by atoms with Crippen LogP contribution in [-0.4, -0.2) is 28.5 Å². The van der Waals surface area contributed by atoms with Crippen molar-refractivity contribution in [3.63, 3.8) is 0 Å². The highest BCUT2D eigenvalue weighted by molar-refractivity contribution is 5.90. The van der Waals surface area contributed by atoms with E-state index in [0.717, 1.165) is 38.8 Å². The lowest BCUT2D eigenvalue weighted by Crippen LogP contribution is -2.24. The first kappa shape index (κ1) is 22.1. The number of rotatable bonds is 7. The molecule has 0 fully saturated rings. The van der Waals surface area contributed by atoms with Gasteiger partial charge in [-0.05, 0) is 36.6 Å². The molecule has 0 aliphatic carbocycles. The molecule has 0 saturated heterocycles. The van der Waals surface area contributed by atoms with Crippen molar-refractivity contribution in [2.24, 2.45) is 5.10 Å². The summed E-state index contributed by atoms with van der Waals surface area (Å²) in [4.78, 5) is 12.4. The fourth-order valence-electron chi connectivity index (χ4n) is 3.88. The van der Waals surface area contributed by atoms with Crippen molar-refractivity contribution >= 4 is 22.9 Å². The summed E-state index contributed by atoms with van der Waals surface area (Å²) in [6, 6.07) is 31.7. The van der Waals surface area contributed by atoms with Crippen molar-refractivity contribution < 1.29 is 9.53 Å². The van der Waals surface area contributed by atoms with Gasteiger partial charge >= 0.3 is 0 Å². The van der Waals surface area contributed by atoms with E-state index in [1.54, 1.807) is 6.21 Å². The zero-order valence-corrected chi connectivity index (χ0v) is 19.3. The van der Waals surface area contributed by atoms with Gasteiger partial charge in [-0.15, -0.1) is 0 Å². The molecule has 0 spiro atoms. The minimum Gasteiger partial charge on any atom is -0.483 e. The van der Waals surface area contributed by atoms with Gasteiger partial charge in [0.1, 0.15) is 11.4 Å². The Hall–Kier alpha value is -4.71. The number of hydrogen-bond acceptors (Lipinski definition) is 4. The third kappa shape index (κ3) is 5.12. The molecule has 5 aromatic rings. The highest BCUT2D eigenvalue weighted by Crippen LogP contribution is 2.25. The minimum atomic E-state index is -0.346. The Balaban J connectivity index is 1.32. The minimum absolute atomic E-state index is 0.140. The number of carbonyl (C=O) groups is 1. The number of aryl methyl sites for hydroxylation is 1. The van der Waals surface area contributed by atoms with Crippen LogP contribution in [0.25, 0.3) is 27.7 Å². The molecule has 0 saturated carbocycles. The van der Waals surface area contributed by atoms with Crippen molar-refractivity contribution in [2.45, 2.75) is 6.92 Å². The molecule has 1 amide bonds. The maximum atomic E-state index is 12.4. The summed E-state index contributed by atoms with van der Waals surface area (Å²) < 4.78 is 7.56. The van der Waals surface area contributed by atoms with Gasteiger partial charge in [0.25, 0.3) is 5.91 Å². The molecule has 1 N–H and O–H groups in total. The number of carbonyl (C=O) groups excluding carboxylic acids is 1. The molecule has 1 aromatic heterocycles. The third-order valence-electron chi connectivity index (χ3n) is 5.56. The topological polar surface area (TPSA) is 68.5 Å². The summed E-state index contributed by atoms with van der Waals surface area (Å²) >= 11 is 0. The summed E-state index contributed by atoms with van der Waals surface area (Å²) in [5.41, 5.74) is 7.18. The van der Waals surface area contributed by atoms with Gasteiger partial charge in [0.15, 0.2) is 6.61 Å². The predicted molar refractivity (Wildman–Crippen MR) is 139 cm³/mol. The van der Waals surface area contributed by atoms with Crippen molar-refractivity contribution in [2.75, 3.05) is 6.61 Å². The van der Waals surface area contributed by atoms with Crippen LogP contribution in [-0.2, 0) is 4.79 Å². The summed E-state index contributed by atoms with van der Waals surface area (Å²) in [5, 5.41) is 11.0. The number of para-hydroxylation sites is 1. The number of fused-ring (bicyclic) bond motifs is 1. The second-order valence-electron chi connectivity index (χ2n) is 8.14. The highest BCUT2D eigenvalue weighted by Gasteiger charge is 2.12. The third-order valence-corrected chi connectivity index (χ3v) is 5.56. The van der Waals surface area contributed by atoms with Crippen LogP contribution in [0.1, 0.15) is 11.1 Å². The number of amides is 1. The molecular weight excluding hydrogens is 436 g/mol. The van der Waals surface area contributed by atoms with Gasteiger partial charge in [0.05, 0.1) is 11.9 Å². The van der Waals surface area contributed by atoms with Crippen LogP contribution in [0, 0.1) is 6.92 Å². The van der Waals surface area contributed by atoms with Gasteiger partial charge < -0.3 is 4.74 Å². The molecule has 35 heavy (non-hydrogen) atoms. The molecule has 172 valence electrons. The standard InChI is InChI=1S/C29H24N4O2/c1-21-9-7-12-23(17-21)29-24(19-33(32-29)25-13-3-2-4-14-25)18-30-31-28(34)20-35-27-16-8-11-22-10-5-6-15-26(22)27/h2-19H,20H2,1H3,(H,31,34). The number of hydrogen-bond donors (Lipinski definition) is 1.